The standard InChI is InChI=1S/C11H9N3O2S/c15-10(16)7-1-2-8-4-14(5-9(8)3-7)11-12-6-13-17-11/h1-3,6H,4-5H2,(H,15,16). The van der Waals surface area contributed by atoms with Crippen molar-refractivity contribution in [3.8, 4) is 0 Å². The van der Waals surface area contributed by atoms with Crippen LogP contribution in [-0.2, 0) is 13.1 Å². The predicted octanol–water partition coefficient (Wildman–Crippen LogP) is 1.76. The van der Waals surface area contributed by atoms with E-state index in [0.29, 0.717) is 12.1 Å². The Morgan fingerprint density at radius 1 is 1.35 bits per heavy atom. The van der Waals surface area contributed by atoms with Gasteiger partial charge in [0.2, 0.25) is 5.13 Å². The monoisotopic (exact) mass is 247 g/mol. The van der Waals surface area contributed by atoms with Crippen molar-refractivity contribution in [2.45, 2.75) is 13.1 Å². The molecule has 2 aromatic rings. The number of fused-ring (bicyclic) bond motifs is 1. The highest BCUT2D eigenvalue weighted by atomic mass is 32.1. The summed E-state index contributed by atoms with van der Waals surface area (Å²) in [6.45, 7) is 1.47. The molecular formula is C11H9N3O2S. The molecule has 17 heavy (non-hydrogen) atoms. The van der Waals surface area contributed by atoms with Gasteiger partial charge in [0.1, 0.15) is 6.33 Å². The van der Waals surface area contributed by atoms with E-state index in [9.17, 15) is 4.79 Å². The molecular weight excluding hydrogens is 238 g/mol. The van der Waals surface area contributed by atoms with Gasteiger partial charge >= 0.3 is 5.97 Å². The minimum atomic E-state index is -0.887. The lowest BCUT2D eigenvalue weighted by Crippen LogP contribution is -2.13. The molecule has 86 valence electrons. The predicted molar refractivity (Wildman–Crippen MR) is 63.2 cm³/mol. The third-order valence-electron chi connectivity index (χ3n) is 2.80. The van der Waals surface area contributed by atoms with Crippen molar-refractivity contribution < 1.29 is 9.90 Å². The third kappa shape index (κ3) is 1.76. The van der Waals surface area contributed by atoms with Crippen LogP contribution in [0.25, 0.3) is 0 Å². The number of hydrogen-bond donors (Lipinski definition) is 1. The van der Waals surface area contributed by atoms with Gasteiger partial charge in [-0.15, -0.1) is 0 Å². The fourth-order valence-electron chi connectivity index (χ4n) is 1.97. The van der Waals surface area contributed by atoms with Crippen LogP contribution in [-0.4, -0.2) is 20.4 Å². The molecule has 1 aromatic carbocycles. The molecule has 0 unspecified atom stereocenters. The van der Waals surface area contributed by atoms with Crippen LogP contribution in [0.3, 0.4) is 0 Å². The number of hydrogen-bond acceptors (Lipinski definition) is 5. The zero-order valence-corrected chi connectivity index (χ0v) is 9.65. The van der Waals surface area contributed by atoms with Crippen molar-refractivity contribution in [2.24, 2.45) is 0 Å². The number of carboxylic acids is 1. The number of aromatic carboxylic acids is 1. The topological polar surface area (TPSA) is 66.3 Å². The van der Waals surface area contributed by atoms with Crippen molar-refractivity contribution in [3.63, 3.8) is 0 Å². The largest absolute Gasteiger partial charge is 0.478 e. The van der Waals surface area contributed by atoms with Crippen LogP contribution in [0.1, 0.15) is 21.5 Å². The SMILES string of the molecule is O=C(O)c1ccc2c(c1)CN(c1ncns1)C2. The maximum atomic E-state index is 10.9. The van der Waals surface area contributed by atoms with E-state index in [2.05, 4.69) is 14.3 Å². The highest BCUT2D eigenvalue weighted by Crippen LogP contribution is 2.29. The summed E-state index contributed by atoms with van der Waals surface area (Å²) >= 11 is 1.35. The van der Waals surface area contributed by atoms with Crippen molar-refractivity contribution in [1.29, 1.82) is 0 Å². The maximum Gasteiger partial charge on any atom is 0.335 e. The molecule has 0 saturated heterocycles. The molecule has 0 bridgehead atoms. The summed E-state index contributed by atoms with van der Waals surface area (Å²) < 4.78 is 3.97. The summed E-state index contributed by atoms with van der Waals surface area (Å²) in [5.74, 6) is -0.887. The fraction of sp³-hybridized carbons (Fsp3) is 0.182. The smallest absolute Gasteiger partial charge is 0.335 e. The molecule has 0 aliphatic carbocycles. The Labute approximate surface area is 102 Å². The van der Waals surface area contributed by atoms with E-state index in [1.54, 1.807) is 12.1 Å². The van der Waals surface area contributed by atoms with Crippen LogP contribution in [0, 0.1) is 0 Å². The summed E-state index contributed by atoms with van der Waals surface area (Å²) in [6, 6.07) is 5.25. The second-order valence-electron chi connectivity index (χ2n) is 3.87. The lowest BCUT2D eigenvalue weighted by Gasteiger charge is -2.11. The lowest BCUT2D eigenvalue weighted by atomic mass is 10.1. The van der Waals surface area contributed by atoms with E-state index in [4.69, 9.17) is 5.11 Å². The van der Waals surface area contributed by atoms with Gasteiger partial charge in [-0.05, 0) is 23.3 Å². The molecule has 0 spiro atoms. The molecule has 5 nitrogen and oxygen atoms in total. The number of aromatic nitrogens is 2. The minimum absolute atomic E-state index is 0.336. The second-order valence-corrected chi connectivity index (χ2v) is 4.63. The zero-order valence-electron chi connectivity index (χ0n) is 8.83. The molecule has 0 radical (unpaired) electrons. The van der Waals surface area contributed by atoms with Gasteiger partial charge < -0.3 is 10.0 Å². The van der Waals surface area contributed by atoms with Crippen LogP contribution in [0.2, 0.25) is 0 Å². The maximum absolute atomic E-state index is 10.9. The van der Waals surface area contributed by atoms with Gasteiger partial charge in [-0.3, -0.25) is 0 Å². The van der Waals surface area contributed by atoms with Crippen LogP contribution in [0.5, 0.6) is 0 Å². The highest BCUT2D eigenvalue weighted by Gasteiger charge is 2.22. The molecule has 1 aliphatic rings. The summed E-state index contributed by atoms with van der Waals surface area (Å²) in [4.78, 5) is 17.1. The van der Waals surface area contributed by atoms with Gasteiger partial charge in [-0.1, -0.05) is 6.07 Å². The first kappa shape index (κ1) is 10.2. The van der Waals surface area contributed by atoms with E-state index in [-0.39, 0.29) is 0 Å². The Bertz CT molecular complexity index is 568. The van der Waals surface area contributed by atoms with Crippen LogP contribution < -0.4 is 4.90 Å². The van der Waals surface area contributed by atoms with Crippen molar-refractivity contribution >= 4 is 22.6 Å². The van der Waals surface area contributed by atoms with Gasteiger partial charge in [-0.25, -0.2) is 9.78 Å². The summed E-state index contributed by atoms with van der Waals surface area (Å²) in [5.41, 5.74) is 2.55. The van der Waals surface area contributed by atoms with Crippen LogP contribution in [0.4, 0.5) is 5.13 Å². The first-order chi connectivity index (χ1) is 8.24. The molecule has 6 heteroatoms. The number of anilines is 1. The molecule has 0 saturated carbocycles. The van der Waals surface area contributed by atoms with E-state index < -0.39 is 5.97 Å². The number of carbonyl (C=O) groups is 1. The normalized spacial score (nSPS) is 13.8. The molecule has 0 fully saturated rings. The van der Waals surface area contributed by atoms with Gasteiger partial charge in [0.05, 0.1) is 5.56 Å². The highest BCUT2D eigenvalue weighted by molar-refractivity contribution is 7.09. The molecule has 2 heterocycles. The van der Waals surface area contributed by atoms with E-state index in [1.165, 1.54) is 17.9 Å². The third-order valence-corrected chi connectivity index (χ3v) is 3.52. The quantitative estimate of drug-likeness (QED) is 0.875. The van der Waals surface area contributed by atoms with Gasteiger partial charge in [0, 0.05) is 24.6 Å². The van der Waals surface area contributed by atoms with Crippen molar-refractivity contribution in [1.82, 2.24) is 9.36 Å². The van der Waals surface area contributed by atoms with E-state index in [1.807, 2.05) is 6.07 Å². The molecule has 0 amide bonds. The summed E-state index contributed by atoms with van der Waals surface area (Å²) in [5, 5.41) is 9.81. The van der Waals surface area contributed by atoms with Gasteiger partial charge in [0.15, 0.2) is 0 Å². The Kier molecular flexibility index (Phi) is 2.29. The van der Waals surface area contributed by atoms with Gasteiger partial charge in [0.25, 0.3) is 0 Å². The molecule has 0 atom stereocenters. The number of rotatable bonds is 2. The van der Waals surface area contributed by atoms with Crippen molar-refractivity contribution in [3.05, 3.63) is 41.2 Å². The Morgan fingerprint density at radius 2 is 2.18 bits per heavy atom. The van der Waals surface area contributed by atoms with Crippen molar-refractivity contribution in [2.75, 3.05) is 4.90 Å². The number of nitrogens with zero attached hydrogens (tertiary/aromatic N) is 3. The molecule has 1 N–H and O–H groups in total. The molecule has 1 aliphatic heterocycles. The van der Waals surface area contributed by atoms with E-state index in [0.717, 1.165) is 22.8 Å². The molecule has 3 rings (SSSR count). The zero-order chi connectivity index (χ0) is 11.8. The van der Waals surface area contributed by atoms with Gasteiger partial charge in [-0.2, -0.15) is 4.37 Å². The Hall–Kier alpha value is -1.95. The van der Waals surface area contributed by atoms with Crippen LogP contribution in [0.15, 0.2) is 24.5 Å². The fourth-order valence-corrected chi connectivity index (χ4v) is 2.50. The minimum Gasteiger partial charge on any atom is -0.478 e. The number of benzene rings is 1. The first-order valence-electron chi connectivity index (χ1n) is 5.11. The average Bonchev–Trinajstić information content (AvgIpc) is 2.96. The average molecular weight is 247 g/mol. The lowest BCUT2D eigenvalue weighted by molar-refractivity contribution is 0.0697. The first-order valence-corrected chi connectivity index (χ1v) is 5.88. The van der Waals surface area contributed by atoms with Crippen LogP contribution >= 0.6 is 11.5 Å². The Morgan fingerprint density at radius 3 is 2.88 bits per heavy atom. The summed E-state index contributed by atoms with van der Waals surface area (Å²) in [6.07, 6.45) is 1.53. The second kappa shape index (κ2) is 3.81. The van der Waals surface area contributed by atoms with E-state index >= 15 is 0 Å². The Balaban J connectivity index is 1.91. The number of carboxylic acid groups (broad SMARTS) is 1. The summed E-state index contributed by atoms with van der Waals surface area (Å²) in [7, 11) is 0. The molecule has 1 aromatic heterocycles.